The summed E-state index contributed by atoms with van der Waals surface area (Å²) < 4.78 is 4.70. The molecule has 1 fully saturated rings. The van der Waals surface area contributed by atoms with E-state index in [4.69, 9.17) is 4.74 Å². The van der Waals surface area contributed by atoms with Gasteiger partial charge in [-0.05, 0) is 37.0 Å². The molecule has 0 aromatic heterocycles. The molecule has 2 N–H and O–H groups in total. The van der Waals surface area contributed by atoms with Crippen molar-refractivity contribution < 1.29 is 9.53 Å². The van der Waals surface area contributed by atoms with Crippen molar-refractivity contribution in [2.45, 2.75) is 44.6 Å². The van der Waals surface area contributed by atoms with Crippen molar-refractivity contribution >= 4 is 35.9 Å². The van der Waals surface area contributed by atoms with Gasteiger partial charge >= 0.3 is 5.97 Å². The zero-order valence-electron chi connectivity index (χ0n) is 14.5. The van der Waals surface area contributed by atoms with Crippen LogP contribution >= 0.6 is 24.0 Å². The van der Waals surface area contributed by atoms with Gasteiger partial charge in [0.1, 0.15) is 0 Å². The van der Waals surface area contributed by atoms with Gasteiger partial charge in [0.25, 0.3) is 0 Å². The molecule has 1 saturated carbocycles. The number of carbonyl (C=O) groups is 1. The largest absolute Gasteiger partial charge is 0.465 e. The molecule has 24 heavy (non-hydrogen) atoms. The summed E-state index contributed by atoms with van der Waals surface area (Å²) in [5.74, 6) is 0.579. The van der Waals surface area contributed by atoms with Crippen LogP contribution < -0.4 is 10.6 Å². The van der Waals surface area contributed by atoms with Crippen LogP contribution in [0.1, 0.15) is 48.0 Å². The fourth-order valence-electron chi connectivity index (χ4n) is 2.89. The zero-order valence-corrected chi connectivity index (χ0v) is 16.8. The highest BCUT2D eigenvalue weighted by Gasteiger charge is 2.14. The molecule has 0 radical (unpaired) electrons. The summed E-state index contributed by atoms with van der Waals surface area (Å²) in [7, 11) is 3.20. The molecule has 0 saturated heterocycles. The number of rotatable bonds is 5. The summed E-state index contributed by atoms with van der Waals surface area (Å²) in [6.45, 7) is 0.809. The molecule has 134 valence electrons. The third-order valence-corrected chi connectivity index (χ3v) is 4.25. The quantitative estimate of drug-likeness (QED) is 0.317. The molecular weight excluding hydrogens is 417 g/mol. The number of guanidine groups is 1. The Kier molecular flexibility index (Phi) is 9.75. The predicted octanol–water partition coefficient (Wildman–Crippen LogP) is 3.13. The number of esters is 1. The van der Waals surface area contributed by atoms with Gasteiger partial charge in [-0.2, -0.15) is 0 Å². The Morgan fingerprint density at radius 1 is 1.21 bits per heavy atom. The lowest BCUT2D eigenvalue weighted by Crippen LogP contribution is -2.44. The van der Waals surface area contributed by atoms with Crippen molar-refractivity contribution in [1.29, 1.82) is 0 Å². The Labute approximate surface area is 161 Å². The van der Waals surface area contributed by atoms with E-state index in [1.54, 1.807) is 12.1 Å². The summed E-state index contributed by atoms with van der Waals surface area (Å²) >= 11 is 0. The highest BCUT2D eigenvalue weighted by molar-refractivity contribution is 14.0. The molecule has 0 unspecified atom stereocenters. The normalized spacial score (nSPS) is 15.3. The number of ether oxygens (including phenoxy) is 1. The summed E-state index contributed by atoms with van der Waals surface area (Å²) in [6.07, 6.45) is 7.31. The van der Waals surface area contributed by atoms with Crippen LogP contribution in [0, 0.1) is 0 Å². The molecule has 0 bridgehead atoms. The van der Waals surface area contributed by atoms with Gasteiger partial charge in [-0.25, -0.2) is 4.79 Å². The van der Waals surface area contributed by atoms with Gasteiger partial charge in [-0.1, -0.05) is 31.4 Å². The van der Waals surface area contributed by atoms with Gasteiger partial charge in [0.15, 0.2) is 5.96 Å². The number of methoxy groups -OCH3 is 1. The average Bonchev–Trinajstić information content (AvgIpc) is 2.61. The number of nitrogens with zero attached hydrogens (tertiary/aromatic N) is 1. The summed E-state index contributed by atoms with van der Waals surface area (Å²) in [6, 6.07) is 8.08. The van der Waals surface area contributed by atoms with Crippen LogP contribution in [0.15, 0.2) is 29.3 Å². The Morgan fingerprint density at radius 2 is 1.88 bits per heavy atom. The maximum absolute atomic E-state index is 11.4. The molecular formula is C18H28IN3O2. The number of aliphatic imine (C=N–C) groups is 1. The van der Waals surface area contributed by atoms with E-state index in [1.165, 1.54) is 44.8 Å². The van der Waals surface area contributed by atoms with E-state index in [-0.39, 0.29) is 29.9 Å². The van der Waals surface area contributed by atoms with Crippen LogP contribution in [0.4, 0.5) is 0 Å². The number of hydrogen-bond acceptors (Lipinski definition) is 3. The minimum Gasteiger partial charge on any atom is -0.465 e. The Balaban J connectivity index is 0.00000288. The Hall–Kier alpha value is -1.31. The van der Waals surface area contributed by atoms with Gasteiger partial charge < -0.3 is 15.4 Å². The standard InChI is InChI=1S/C18H27N3O2.HI/c1-19-18(21-16-6-4-3-5-7-16)20-13-12-14-8-10-15(11-9-14)17(22)23-2;/h8-11,16H,3-7,12-13H2,1-2H3,(H2,19,20,21);1H. The molecule has 1 aliphatic rings. The maximum Gasteiger partial charge on any atom is 0.337 e. The van der Waals surface area contributed by atoms with Crippen molar-refractivity contribution in [3.8, 4) is 0 Å². The van der Waals surface area contributed by atoms with Gasteiger partial charge in [-0.3, -0.25) is 4.99 Å². The summed E-state index contributed by atoms with van der Waals surface area (Å²) in [5.41, 5.74) is 1.76. The van der Waals surface area contributed by atoms with Crippen molar-refractivity contribution in [3.05, 3.63) is 35.4 Å². The smallest absolute Gasteiger partial charge is 0.337 e. The SMILES string of the molecule is CN=C(NCCc1ccc(C(=O)OC)cc1)NC1CCCCC1.I. The number of hydrogen-bond donors (Lipinski definition) is 2. The van der Waals surface area contributed by atoms with Gasteiger partial charge in [0.05, 0.1) is 12.7 Å². The topological polar surface area (TPSA) is 62.7 Å². The van der Waals surface area contributed by atoms with E-state index in [0.717, 1.165) is 18.9 Å². The van der Waals surface area contributed by atoms with Crippen LogP contribution in [0.5, 0.6) is 0 Å². The average molecular weight is 445 g/mol. The number of benzene rings is 1. The van der Waals surface area contributed by atoms with Crippen LogP contribution in [-0.2, 0) is 11.2 Å². The number of halogens is 1. The second-order valence-corrected chi connectivity index (χ2v) is 5.92. The third-order valence-electron chi connectivity index (χ3n) is 4.25. The summed E-state index contributed by atoms with van der Waals surface area (Å²) in [4.78, 5) is 15.7. The minimum absolute atomic E-state index is 0. The number of nitrogens with one attached hydrogen (secondary N) is 2. The molecule has 0 atom stereocenters. The second-order valence-electron chi connectivity index (χ2n) is 5.92. The lowest BCUT2D eigenvalue weighted by Gasteiger charge is -2.24. The first-order valence-electron chi connectivity index (χ1n) is 8.37. The van der Waals surface area contributed by atoms with E-state index in [2.05, 4.69) is 15.6 Å². The van der Waals surface area contributed by atoms with Crippen LogP contribution in [-0.4, -0.2) is 38.7 Å². The fraction of sp³-hybridized carbons (Fsp3) is 0.556. The molecule has 2 rings (SSSR count). The fourth-order valence-corrected chi connectivity index (χ4v) is 2.89. The first kappa shape index (κ1) is 20.7. The van der Waals surface area contributed by atoms with Crippen LogP contribution in [0.2, 0.25) is 0 Å². The van der Waals surface area contributed by atoms with Crippen molar-refractivity contribution in [3.63, 3.8) is 0 Å². The molecule has 1 aliphatic carbocycles. The second kappa shape index (κ2) is 11.3. The minimum atomic E-state index is -0.299. The molecule has 0 spiro atoms. The van der Waals surface area contributed by atoms with E-state index >= 15 is 0 Å². The summed E-state index contributed by atoms with van der Waals surface area (Å²) in [5, 5.41) is 6.86. The van der Waals surface area contributed by atoms with E-state index in [1.807, 2.05) is 19.2 Å². The predicted molar refractivity (Wildman–Crippen MR) is 108 cm³/mol. The molecule has 1 aromatic rings. The Bertz CT molecular complexity index is 526. The molecule has 0 amide bonds. The maximum atomic E-state index is 11.4. The van der Waals surface area contributed by atoms with Gasteiger partial charge in [-0.15, -0.1) is 24.0 Å². The highest BCUT2D eigenvalue weighted by atomic mass is 127. The molecule has 0 heterocycles. The third kappa shape index (κ3) is 6.67. The lowest BCUT2D eigenvalue weighted by molar-refractivity contribution is 0.0600. The van der Waals surface area contributed by atoms with Crippen LogP contribution in [0.3, 0.4) is 0 Å². The van der Waals surface area contributed by atoms with Gasteiger partial charge in [0.2, 0.25) is 0 Å². The Morgan fingerprint density at radius 3 is 2.46 bits per heavy atom. The monoisotopic (exact) mass is 445 g/mol. The molecule has 6 heteroatoms. The van der Waals surface area contributed by atoms with Crippen LogP contribution in [0.25, 0.3) is 0 Å². The van der Waals surface area contributed by atoms with Crippen molar-refractivity contribution in [1.82, 2.24) is 10.6 Å². The van der Waals surface area contributed by atoms with E-state index in [0.29, 0.717) is 11.6 Å². The van der Waals surface area contributed by atoms with E-state index in [9.17, 15) is 4.79 Å². The van der Waals surface area contributed by atoms with Gasteiger partial charge in [0, 0.05) is 19.6 Å². The number of carbonyl (C=O) groups excluding carboxylic acids is 1. The zero-order chi connectivity index (χ0) is 16.5. The highest BCUT2D eigenvalue weighted by Crippen LogP contribution is 2.17. The van der Waals surface area contributed by atoms with Crippen molar-refractivity contribution in [2.75, 3.05) is 20.7 Å². The lowest BCUT2D eigenvalue weighted by atomic mass is 9.96. The first-order valence-corrected chi connectivity index (χ1v) is 8.37. The van der Waals surface area contributed by atoms with E-state index < -0.39 is 0 Å². The van der Waals surface area contributed by atoms with Crippen molar-refractivity contribution in [2.24, 2.45) is 4.99 Å². The molecule has 1 aromatic carbocycles. The molecule has 0 aliphatic heterocycles. The molecule has 5 nitrogen and oxygen atoms in total. The first-order chi connectivity index (χ1) is 11.2.